The van der Waals surface area contributed by atoms with Crippen molar-refractivity contribution < 1.29 is 18.3 Å². The van der Waals surface area contributed by atoms with Gasteiger partial charge in [0.1, 0.15) is 0 Å². The molecule has 1 aliphatic rings. The van der Waals surface area contributed by atoms with Crippen molar-refractivity contribution in [1.29, 1.82) is 0 Å². The molecule has 2 N–H and O–H groups in total. The van der Waals surface area contributed by atoms with Crippen LogP contribution in [0.2, 0.25) is 0 Å². The van der Waals surface area contributed by atoms with Crippen molar-refractivity contribution in [2.45, 2.75) is 28.9 Å². The molecule has 1 aliphatic carbocycles. The molecule has 0 bridgehead atoms. The Morgan fingerprint density at radius 3 is 2.62 bits per heavy atom. The Kier molecular flexibility index (Phi) is 5.02. The van der Waals surface area contributed by atoms with Crippen molar-refractivity contribution in [2.75, 3.05) is 12.8 Å². The smallest absolute Gasteiger partial charge is 0.336 e. The fraction of sp³-hybridized carbons (Fsp3) is 0.462. The summed E-state index contributed by atoms with van der Waals surface area (Å²) in [4.78, 5) is 11.0. The van der Waals surface area contributed by atoms with E-state index in [4.69, 9.17) is 5.11 Å². The van der Waals surface area contributed by atoms with Gasteiger partial charge in [-0.1, -0.05) is 6.42 Å². The van der Waals surface area contributed by atoms with E-state index in [9.17, 15) is 13.2 Å². The maximum absolute atomic E-state index is 12.3. The number of benzene rings is 1. The minimum atomic E-state index is -3.70. The second kappa shape index (κ2) is 6.28. The normalized spacial score (nSPS) is 17.2. The molecular weight excluding hydrogens is 378 g/mol. The molecule has 0 aromatic heterocycles. The molecular formula is C13H16BrNO4S2. The lowest BCUT2D eigenvalue weighted by molar-refractivity contribution is 0.0695. The van der Waals surface area contributed by atoms with Crippen LogP contribution in [0.5, 0.6) is 0 Å². The quantitative estimate of drug-likeness (QED) is 0.775. The summed E-state index contributed by atoms with van der Waals surface area (Å²) in [7, 11) is -3.70. The van der Waals surface area contributed by atoms with Crippen LogP contribution in [0.15, 0.2) is 27.6 Å². The fourth-order valence-corrected chi connectivity index (χ4v) is 4.74. The number of halogens is 1. The Labute approximate surface area is 136 Å². The summed E-state index contributed by atoms with van der Waals surface area (Å²) in [5.41, 5.74) is -0.0684. The molecule has 21 heavy (non-hydrogen) atoms. The highest BCUT2D eigenvalue weighted by Crippen LogP contribution is 2.42. The Hall–Kier alpha value is -0.570. The Balaban J connectivity index is 2.20. The van der Waals surface area contributed by atoms with E-state index < -0.39 is 16.0 Å². The molecule has 0 radical (unpaired) electrons. The number of hydrogen-bond acceptors (Lipinski definition) is 4. The van der Waals surface area contributed by atoms with E-state index in [2.05, 4.69) is 20.7 Å². The first kappa shape index (κ1) is 16.8. The highest BCUT2D eigenvalue weighted by Gasteiger charge is 2.37. The van der Waals surface area contributed by atoms with E-state index in [1.54, 1.807) is 11.8 Å². The standard InChI is InChI=1S/C13H16BrNO4S2/c1-20-13(5-2-6-13)8-15-21(18,19)9-3-4-11(14)10(7-9)12(16)17/h3-4,7,15H,2,5-6,8H2,1H3,(H,16,17). The van der Waals surface area contributed by atoms with E-state index in [1.165, 1.54) is 18.2 Å². The van der Waals surface area contributed by atoms with Gasteiger partial charge in [-0.2, -0.15) is 11.8 Å². The number of carbonyl (C=O) groups is 1. The van der Waals surface area contributed by atoms with Gasteiger partial charge in [-0.25, -0.2) is 17.9 Å². The van der Waals surface area contributed by atoms with Crippen LogP contribution in [-0.2, 0) is 10.0 Å². The number of carboxylic acids is 1. The van der Waals surface area contributed by atoms with E-state index in [1.807, 2.05) is 6.26 Å². The topological polar surface area (TPSA) is 83.5 Å². The van der Waals surface area contributed by atoms with E-state index >= 15 is 0 Å². The largest absolute Gasteiger partial charge is 0.478 e. The molecule has 116 valence electrons. The third-order valence-corrected chi connectivity index (χ3v) is 7.27. The predicted molar refractivity (Wildman–Crippen MR) is 86.4 cm³/mol. The molecule has 0 unspecified atom stereocenters. The molecule has 8 heteroatoms. The maximum Gasteiger partial charge on any atom is 0.336 e. The van der Waals surface area contributed by atoms with Crippen molar-refractivity contribution in [3.05, 3.63) is 28.2 Å². The molecule has 0 amide bonds. The number of rotatable bonds is 6. The van der Waals surface area contributed by atoms with Gasteiger partial charge in [0, 0.05) is 15.8 Å². The molecule has 1 saturated carbocycles. The van der Waals surface area contributed by atoms with Crippen LogP contribution in [0.4, 0.5) is 0 Å². The average Bonchev–Trinajstić information content (AvgIpc) is 2.37. The molecule has 1 aromatic carbocycles. The Bertz CT molecular complexity index is 651. The van der Waals surface area contributed by atoms with E-state index in [0.29, 0.717) is 11.0 Å². The molecule has 0 heterocycles. The zero-order chi connectivity index (χ0) is 15.7. The van der Waals surface area contributed by atoms with Crippen molar-refractivity contribution in [2.24, 2.45) is 0 Å². The van der Waals surface area contributed by atoms with Crippen LogP contribution in [0.3, 0.4) is 0 Å². The number of carboxylic acid groups (broad SMARTS) is 1. The second-order valence-electron chi connectivity index (χ2n) is 5.01. The first-order valence-electron chi connectivity index (χ1n) is 6.37. The van der Waals surface area contributed by atoms with Gasteiger partial charge >= 0.3 is 5.97 Å². The van der Waals surface area contributed by atoms with Gasteiger partial charge in [0.15, 0.2) is 0 Å². The van der Waals surface area contributed by atoms with Crippen LogP contribution < -0.4 is 4.72 Å². The summed E-state index contributed by atoms with van der Waals surface area (Å²) in [5, 5.41) is 9.05. The van der Waals surface area contributed by atoms with Gasteiger partial charge in [0.2, 0.25) is 10.0 Å². The average molecular weight is 394 g/mol. The SMILES string of the molecule is CSC1(CNS(=O)(=O)c2ccc(Br)c(C(=O)O)c2)CCC1. The number of nitrogens with one attached hydrogen (secondary N) is 1. The van der Waals surface area contributed by atoms with Gasteiger partial charge in [-0.05, 0) is 53.2 Å². The minimum Gasteiger partial charge on any atom is -0.478 e. The molecule has 0 saturated heterocycles. The highest BCUT2D eigenvalue weighted by atomic mass is 79.9. The van der Waals surface area contributed by atoms with Crippen LogP contribution in [0.1, 0.15) is 29.6 Å². The molecule has 1 fully saturated rings. The predicted octanol–water partition coefficient (Wildman–Crippen LogP) is 2.71. The third kappa shape index (κ3) is 3.61. The molecule has 0 atom stereocenters. The first-order valence-corrected chi connectivity index (χ1v) is 9.87. The van der Waals surface area contributed by atoms with Crippen LogP contribution in [-0.4, -0.2) is 37.0 Å². The van der Waals surface area contributed by atoms with E-state index in [0.717, 1.165) is 19.3 Å². The van der Waals surface area contributed by atoms with Crippen LogP contribution >= 0.6 is 27.7 Å². The summed E-state index contributed by atoms with van der Waals surface area (Å²) >= 11 is 4.78. The summed E-state index contributed by atoms with van der Waals surface area (Å²) in [6.45, 7) is 0.370. The summed E-state index contributed by atoms with van der Waals surface area (Å²) < 4.78 is 27.5. The second-order valence-corrected chi connectivity index (χ2v) is 8.91. The Morgan fingerprint density at radius 2 is 2.14 bits per heavy atom. The van der Waals surface area contributed by atoms with Crippen LogP contribution in [0.25, 0.3) is 0 Å². The Morgan fingerprint density at radius 1 is 1.48 bits per heavy atom. The number of aromatic carboxylic acids is 1. The molecule has 2 rings (SSSR count). The van der Waals surface area contributed by atoms with Crippen molar-refractivity contribution in [3.63, 3.8) is 0 Å². The summed E-state index contributed by atoms with van der Waals surface area (Å²) in [6.07, 6.45) is 5.09. The van der Waals surface area contributed by atoms with Crippen molar-refractivity contribution in [1.82, 2.24) is 4.72 Å². The number of sulfonamides is 1. The lowest BCUT2D eigenvalue weighted by atomic mass is 9.84. The van der Waals surface area contributed by atoms with Gasteiger partial charge < -0.3 is 5.11 Å². The molecule has 1 aromatic rings. The van der Waals surface area contributed by atoms with E-state index in [-0.39, 0.29) is 15.2 Å². The zero-order valence-electron chi connectivity index (χ0n) is 11.4. The number of thioether (sulfide) groups is 1. The monoisotopic (exact) mass is 393 g/mol. The first-order chi connectivity index (χ1) is 9.80. The van der Waals surface area contributed by atoms with Crippen molar-refractivity contribution in [3.8, 4) is 0 Å². The lowest BCUT2D eigenvalue weighted by Crippen LogP contribution is -2.45. The number of hydrogen-bond donors (Lipinski definition) is 2. The molecule has 5 nitrogen and oxygen atoms in total. The molecule has 0 spiro atoms. The minimum absolute atomic E-state index is 0.0158. The van der Waals surface area contributed by atoms with Gasteiger partial charge in [0.25, 0.3) is 0 Å². The molecule has 0 aliphatic heterocycles. The van der Waals surface area contributed by atoms with Gasteiger partial charge in [-0.15, -0.1) is 0 Å². The zero-order valence-corrected chi connectivity index (χ0v) is 14.6. The highest BCUT2D eigenvalue weighted by molar-refractivity contribution is 9.10. The fourth-order valence-electron chi connectivity index (χ4n) is 2.17. The summed E-state index contributed by atoms with van der Waals surface area (Å²) in [5.74, 6) is -1.17. The summed E-state index contributed by atoms with van der Waals surface area (Å²) in [6, 6.07) is 4.00. The maximum atomic E-state index is 12.3. The van der Waals surface area contributed by atoms with Crippen LogP contribution in [0, 0.1) is 0 Å². The van der Waals surface area contributed by atoms with Gasteiger partial charge in [-0.3, -0.25) is 0 Å². The lowest BCUT2D eigenvalue weighted by Gasteiger charge is -2.40. The third-order valence-electron chi connectivity index (χ3n) is 3.76. The van der Waals surface area contributed by atoms with Gasteiger partial charge in [0.05, 0.1) is 10.5 Å². The van der Waals surface area contributed by atoms with Crippen molar-refractivity contribution >= 4 is 43.7 Å².